The molecule has 0 aliphatic carbocycles. The predicted molar refractivity (Wildman–Crippen MR) is 115 cm³/mol. The maximum atomic E-state index is 12.2. The van der Waals surface area contributed by atoms with Gasteiger partial charge < -0.3 is 10.0 Å². The van der Waals surface area contributed by atoms with Gasteiger partial charge in [-0.3, -0.25) is 14.5 Å². The van der Waals surface area contributed by atoms with Gasteiger partial charge in [-0.2, -0.15) is 0 Å². The summed E-state index contributed by atoms with van der Waals surface area (Å²) in [5.74, 6) is -1.58. The summed E-state index contributed by atoms with van der Waals surface area (Å²) < 4.78 is 0. The average molecular weight is 416 g/mol. The minimum atomic E-state index is -0.906. The number of piperazine rings is 1. The molecule has 1 saturated heterocycles. The van der Waals surface area contributed by atoms with Crippen molar-refractivity contribution < 1.29 is 14.7 Å². The molecule has 0 radical (unpaired) electrons. The quantitative estimate of drug-likeness (QED) is 0.678. The monoisotopic (exact) mass is 415 g/mol. The number of Topliss-reactive ketones (excluding diaryl/α,β-unsaturated/α-hetero) is 1. The molecule has 156 valence electrons. The van der Waals surface area contributed by atoms with Crippen LogP contribution in [0.15, 0.2) is 29.6 Å². The summed E-state index contributed by atoms with van der Waals surface area (Å²) in [5.41, 5.74) is 3.06. The number of aliphatic carboxylic acids is 1. The second-order valence-corrected chi connectivity index (χ2v) is 8.64. The van der Waals surface area contributed by atoms with Crippen LogP contribution in [0.4, 0.5) is 0 Å². The minimum Gasteiger partial charge on any atom is -0.481 e. The second kappa shape index (κ2) is 10.1. The smallest absolute Gasteiger partial charge is 0.306 e. The van der Waals surface area contributed by atoms with Crippen molar-refractivity contribution in [3.8, 4) is 10.6 Å². The fraction of sp³-hybridized carbons (Fsp3) is 0.500. The molecule has 1 N–H and O–H groups in total. The summed E-state index contributed by atoms with van der Waals surface area (Å²) in [6.45, 7) is 7.19. The van der Waals surface area contributed by atoms with Crippen LogP contribution >= 0.6 is 11.3 Å². The van der Waals surface area contributed by atoms with Crippen molar-refractivity contribution in [1.29, 1.82) is 0 Å². The van der Waals surface area contributed by atoms with Crippen LogP contribution in [-0.4, -0.2) is 64.9 Å². The maximum Gasteiger partial charge on any atom is 0.306 e. The number of carboxylic acids is 1. The van der Waals surface area contributed by atoms with Gasteiger partial charge in [0.1, 0.15) is 10.8 Å². The molecule has 1 atom stereocenters. The van der Waals surface area contributed by atoms with Gasteiger partial charge in [-0.1, -0.05) is 31.2 Å². The minimum absolute atomic E-state index is 0.0691. The molecule has 7 heteroatoms. The number of carbonyl (C=O) groups excluding carboxylic acids is 1. The van der Waals surface area contributed by atoms with E-state index in [-0.39, 0.29) is 18.6 Å². The molecule has 0 amide bonds. The van der Waals surface area contributed by atoms with Crippen molar-refractivity contribution in [1.82, 2.24) is 14.8 Å². The molecule has 1 aliphatic heterocycles. The Morgan fingerprint density at radius 3 is 2.48 bits per heavy atom. The molecule has 1 aliphatic rings. The third kappa shape index (κ3) is 6.19. The molecule has 0 spiro atoms. The Balaban J connectivity index is 1.56. The number of carboxylic acid groups (broad SMARTS) is 1. The van der Waals surface area contributed by atoms with Gasteiger partial charge in [-0.25, -0.2) is 4.98 Å². The van der Waals surface area contributed by atoms with Gasteiger partial charge >= 0.3 is 5.97 Å². The topological polar surface area (TPSA) is 73.7 Å². The molecule has 29 heavy (non-hydrogen) atoms. The molecule has 6 nitrogen and oxygen atoms in total. The van der Waals surface area contributed by atoms with Crippen LogP contribution in [-0.2, 0) is 22.6 Å². The highest BCUT2D eigenvalue weighted by Gasteiger charge is 2.20. The van der Waals surface area contributed by atoms with Crippen molar-refractivity contribution in [2.24, 2.45) is 5.92 Å². The Morgan fingerprint density at radius 2 is 1.86 bits per heavy atom. The lowest BCUT2D eigenvalue weighted by atomic mass is 9.98. The highest BCUT2D eigenvalue weighted by atomic mass is 32.1. The lowest BCUT2D eigenvalue weighted by Crippen LogP contribution is -2.43. The Bertz CT molecular complexity index is 826. The summed E-state index contributed by atoms with van der Waals surface area (Å²) in [5, 5.41) is 11.9. The number of ketones is 1. The molecule has 1 fully saturated rings. The summed E-state index contributed by atoms with van der Waals surface area (Å²) in [4.78, 5) is 32.7. The number of hydrogen-bond donors (Lipinski definition) is 1. The molecule has 2 aromatic rings. The number of thiazole rings is 1. The third-order valence-electron chi connectivity index (χ3n) is 5.45. The molecular weight excluding hydrogens is 386 g/mol. The van der Waals surface area contributed by atoms with Gasteiger partial charge in [0.2, 0.25) is 0 Å². The van der Waals surface area contributed by atoms with E-state index in [1.165, 1.54) is 16.9 Å². The van der Waals surface area contributed by atoms with Crippen LogP contribution in [0.2, 0.25) is 0 Å². The number of carbonyl (C=O) groups is 2. The van der Waals surface area contributed by atoms with Gasteiger partial charge in [0.05, 0.1) is 11.6 Å². The standard InChI is InChI=1S/C22H29N3O3S/c1-3-17(22(27)28)12-20(26)13-19-15-29-21(23-19)18-6-4-16(5-7-18)14-25-10-8-24(2)9-11-25/h4-7,15,17H,3,8-14H2,1-2H3,(H,27,28). The Labute approximate surface area is 176 Å². The van der Waals surface area contributed by atoms with Gasteiger partial charge in [-0.15, -0.1) is 11.3 Å². The lowest BCUT2D eigenvalue weighted by Gasteiger charge is -2.32. The van der Waals surface area contributed by atoms with E-state index in [4.69, 9.17) is 5.11 Å². The van der Waals surface area contributed by atoms with E-state index in [0.29, 0.717) is 6.42 Å². The molecule has 3 rings (SSSR count). The first-order valence-corrected chi connectivity index (χ1v) is 11.0. The zero-order valence-electron chi connectivity index (χ0n) is 17.1. The van der Waals surface area contributed by atoms with Gasteiger partial charge in [-0.05, 0) is 19.0 Å². The van der Waals surface area contributed by atoms with Crippen LogP contribution in [0.1, 0.15) is 31.0 Å². The molecule has 2 heterocycles. The van der Waals surface area contributed by atoms with Gasteiger partial charge in [0, 0.05) is 56.5 Å². The van der Waals surface area contributed by atoms with E-state index in [1.807, 2.05) is 5.38 Å². The summed E-state index contributed by atoms with van der Waals surface area (Å²) >= 11 is 1.52. The normalized spacial score (nSPS) is 16.6. The Kier molecular flexibility index (Phi) is 7.52. The summed E-state index contributed by atoms with van der Waals surface area (Å²) in [6, 6.07) is 8.48. The predicted octanol–water partition coefficient (Wildman–Crippen LogP) is 3.17. The van der Waals surface area contributed by atoms with Crippen molar-refractivity contribution in [2.75, 3.05) is 33.2 Å². The Hall–Kier alpha value is -2.09. The summed E-state index contributed by atoms with van der Waals surface area (Å²) in [7, 11) is 2.16. The molecule has 1 aromatic carbocycles. The van der Waals surface area contributed by atoms with E-state index in [9.17, 15) is 9.59 Å². The van der Waals surface area contributed by atoms with Crippen molar-refractivity contribution >= 4 is 23.1 Å². The third-order valence-corrected chi connectivity index (χ3v) is 6.39. The second-order valence-electron chi connectivity index (χ2n) is 7.78. The van der Waals surface area contributed by atoms with E-state index in [2.05, 4.69) is 46.1 Å². The SMILES string of the molecule is CCC(CC(=O)Cc1csc(-c2ccc(CN3CCN(C)CC3)cc2)n1)C(=O)O. The van der Waals surface area contributed by atoms with Crippen molar-refractivity contribution in [3.05, 3.63) is 40.9 Å². The van der Waals surface area contributed by atoms with E-state index < -0.39 is 11.9 Å². The first-order chi connectivity index (χ1) is 13.9. The number of rotatable bonds is 9. The lowest BCUT2D eigenvalue weighted by molar-refractivity contribution is -0.143. The largest absolute Gasteiger partial charge is 0.481 e. The van der Waals surface area contributed by atoms with Crippen molar-refractivity contribution in [2.45, 2.75) is 32.7 Å². The molecule has 1 aromatic heterocycles. The summed E-state index contributed by atoms with van der Waals surface area (Å²) in [6.07, 6.45) is 0.727. The van der Waals surface area contributed by atoms with Crippen LogP contribution in [0, 0.1) is 5.92 Å². The number of benzene rings is 1. The highest BCUT2D eigenvalue weighted by Crippen LogP contribution is 2.25. The molecule has 0 saturated carbocycles. The fourth-order valence-electron chi connectivity index (χ4n) is 3.49. The van der Waals surface area contributed by atoms with Crippen LogP contribution in [0.5, 0.6) is 0 Å². The van der Waals surface area contributed by atoms with Crippen molar-refractivity contribution in [3.63, 3.8) is 0 Å². The van der Waals surface area contributed by atoms with Crippen LogP contribution < -0.4 is 0 Å². The van der Waals surface area contributed by atoms with E-state index in [0.717, 1.165) is 49.0 Å². The van der Waals surface area contributed by atoms with Crippen LogP contribution in [0.25, 0.3) is 10.6 Å². The molecule has 1 unspecified atom stereocenters. The van der Waals surface area contributed by atoms with Crippen LogP contribution in [0.3, 0.4) is 0 Å². The number of aromatic nitrogens is 1. The highest BCUT2D eigenvalue weighted by molar-refractivity contribution is 7.13. The zero-order valence-corrected chi connectivity index (χ0v) is 18.0. The van der Waals surface area contributed by atoms with Gasteiger partial charge in [0.25, 0.3) is 0 Å². The molecular formula is C22H29N3O3S. The van der Waals surface area contributed by atoms with Gasteiger partial charge in [0.15, 0.2) is 0 Å². The number of nitrogens with zero attached hydrogens (tertiary/aromatic N) is 3. The number of likely N-dealkylation sites (N-methyl/N-ethyl adjacent to an activating group) is 1. The maximum absolute atomic E-state index is 12.2. The first kappa shape index (κ1) is 21.6. The fourth-order valence-corrected chi connectivity index (χ4v) is 4.32. The average Bonchev–Trinajstić information content (AvgIpc) is 3.16. The number of hydrogen-bond acceptors (Lipinski definition) is 6. The molecule has 0 bridgehead atoms. The van der Waals surface area contributed by atoms with E-state index in [1.54, 1.807) is 6.92 Å². The first-order valence-electron chi connectivity index (χ1n) is 10.1. The Morgan fingerprint density at radius 1 is 1.17 bits per heavy atom. The van der Waals surface area contributed by atoms with E-state index >= 15 is 0 Å². The zero-order chi connectivity index (χ0) is 20.8.